The number of ether oxygens (including phenoxy) is 1. The number of benzene rings is 2. The summed E-state index contributed by atoms with van der Waals surface area (Å²) in [5, 5.41) is 0.610. The quantitative estimate of drug-likeness (QED) is 0.437. The van der Waals surface area contributed by atoms with Crippen LogP contribution in [0, 0.1) is 18.7 Å². The van der Waals surface area contributed by atoms with Gasteiger partial charge in [-0.2, -0.15) is 0 Å². The third-order valence-corrected chi connectivity index (χ3v) is 7.22. The lowest BCUT2D eigenvalue weighted by Crippen LogP contribution is -2.39. The number of rotatable bonds is 8. The molecule has 0 radical (unpaired) electrons. The first-order chi connectivity index (χ1) is 16.3. The highest BCUT2D eigenvalue weighted by atomic mass is 35.5. The van der Waals surface area contributed by atoms with E-state index in [1.807, 2.05) is 33.2 Å². The molecule has 7 nitrogen and oxygen atoms in total. The molecule has 0 N–H and O–H groups in total. The van der Waals surface area contributed by atoms with Crippen molar-refractivity contribution < 1.29 is 18.7 Å². The zero-order chi connectivity index (χ0) is 24.4. The predicted molar refractivity (Wildman–Crippen MR) is 141 cm³/mol. The molecule has 188 valence electrons. The fourth-order valence-electron chi connectivity index (χ4n) is 4.19. The Kier molecular flexibility index (Phi) is 8.69. The summed E-state index contributed by atoms with van der Waals surface area (Å²) in [7, 11) is 5.60. The van der Waals surface area contributed by atoms with E-state index >= 15 is 0 Å². The third kappa shape index (κ3) is 5.74. The van der Waals surface area contributed by atoms with Gasteiger partial charge in [0, 0.05) is 25.2 Å². The molecule has 0 aliphatic carbocycles. The number of hydrogen-bond donors (Lipinski definition) is 0. The van der Waals surface area contributed by atoms with Crippen molar-refractivity contribution >= 4 is 56.6 Å². The summed E-state index contributed by atoms with van der Waals surface area (Å²) in [5.74, 6) is -0.446. The third-order valence-electron chi connectivity index (χ3n) is 6.01. The van der Waals surface area contributed by atoms with Crippen molar-refractivity contribution in [2.24, 2.45) is 5.92 Å². The standard InChI is InChI=1S/C25H29FN4O3S.ClH/c1-16-6-11-20(33-4)22-23(16)34-25(27-22)29(13-5-12-28(2)3)24(32)17-14-21(31)30(15-17)19-9-7-18(26)8-10-19;/h6-11,17H,5,12-15H2,1-4H3;1H. The second-order valence-corrected chi connectivity index (χ2v) is 9.76. The second kappa shape index (κ2) is 11.3. The van der Waals surface area contributed by atoms with Gasteiger partial charge in [-0.15, -0.1) is 12.4 Å². The first kappa shape index (κ1) is 26.8. The van der Waals surface area contributed by atoms with Crippen molar-refractivity contribution in [2.75, 3.05) is 50.6 Å². The van der Waals surface area contributed by atoms with Crippen LogP contribution in [0.1, 0.15) is 18.4 Å². The number of aromatic nitrogens is 1. The first-order valence-corrected chi connectivity index (χ1v) is 12.1. The van der Waals surface area contributed by atoms with E-state index in [9.17, 15) is 14.0 Å². The van der Waals surface area contributed by atoms with E-state index in [-0.39, 0.29) is 43.0 Å². The number of hydrogen-bond acceptors (Lipinski definition) is 6. The maximum Gasteiger partial charge on any atom is 0.234 e. The molecule has 1 aliphatic rings. The molecular formula is C25H30ClFN4O3S. The Morgan fingerprint density at radius 1 is 1.20 bits per heavy atom. The number of fused-ring (bicyclic) bond motifs is 1. The van der Waals surface area contributed by atoms with Crippen molar-refractivity contribution in [3.8, 4) is 5.75 Å². The fourth-order valence-corrected chi connectivity index (χ4v) is 5.27. The maximum absolute atomic E-state index is 13.7. The number of methoxy groups -OCH3 is 1. The average Bonchev–Trinajstić information content (AvgIpc) is 3.42. The Morgan fingerprint density at radius 3 is 2.57 bits per heavy atom. The summed E-state index contributed by atoms with van der Waals surface area (Å²) >= 11 is 1.47. The summed E-state index contributed by atoms with van der Waals surface area (Å²) < 4.78 is 19.8. The van der Waals surface area contributed by atoms with Gasteiger partial charge in [0.05, 0.1) is 17.7 Å². The number of aryl methyl sites for hydroxylation is 1. The number of carbonyl (C=O) groups is 2. The van der Waals surface area contributed by atoms with Gasteiger partial charge in [-0.25, -0.2) is 9.37 Å². The van der Waals surface area contributed by atoms with Crippen LogP contribution in [0.15, 0.2) is 36.4 Å². The van der Waals surface area contributed by atoms with E-state index in [4.69, 9.17) is 9.72 Å². The summed E-state index contributed by atoms with van der Waals surface area (Å²) in [6.45, 7) is 3.60. The highest BCUT2D eigenvalue weighted by molar-refractivity contribution is 7.22. The van der Waals surface area contributed by atoms with E-state index in [1.54, 1.807) is 29.0 Å². The number of anilines is 2. The van der Waals surface area contributed by atoms with Crippen LogP contribution in [0.3, 0.4) is 0 Å². The van der Waals surface area contributed by atoms with Gasteiger partial charge in [-0.1, -0.05) is 17.4 Å². The van der Waals surface area contributed by atoms with Crippen molar-refractivity contribution in [2.45, 2.75) is 19.8 Å². The van der Waals surface area contributed by atoms with E-state index in [0.717, 1.165) is 28.7 Å². The molecule has 0 saturated carbocycles. The number of amides is 2. The fraction of sp³-hybridized carbons (Fsp3) is 0.400. The molecule has 1 saturated heterocycles. The lowest BCUT2D eigenvalue weighted by molar-refractivity contribution is -0.124. The summed E-state index contributed by atoms with van der Waals surface area (Å²) in [6.07, 6.45) is 0.890. The Morgan fingerprint density at radius 2 is 1.91 bits per heavy atom. The van der Waals surface area contributed by atoms with E-state index in [0.29, 0.717) is 23.1 Å². The predicted octanol–water partition coefficient (Wildman–Crippen LogP) is 4.51. The maximum atomic E-state index is 13.7. The molecule has 35 heavy (non-hydrogen) atoms. The van der Waals surface area contributed by atoms with Gasteiger partial charge in [0.2, 0.25) is 11.8 Å². The Bertz CT molecular complexity index is 1200. The van der Waals surface area contributed by atoms with Crippen LogP contribution in [0.2, 0.25) is 0 Å². The Balaban J connectivity index is 0.00000342. The molecule has 10 heteroatoms. The zero-order valence-corrected chi connectivity index (χ0v) is 21.9. The van der Waals surface area contributed by atoms with Crippen molar-refractivity contribution in [3.05, 3.63) is 47.8 Å². The lowest BCUT2D eigenvalue weighted by atomic mass is 10.1. The smallest absolute Gasteiger partial charge is 0.234 e. The molecule has 1 fully saturated rings. The molecule has 1 atom stereocenters. The van der Waals surface area contributed by atoms with Crippen molar-refractivity contribution in [1.29, 1.82) is 0 Å². The Labute approximate surface area is 214 Å². The van der Waals surface area contributed by atoms with Crippen molar-refractivity contribution in [1.82, 2.24) is 9.88 Å². The molecule has 2 heterocycles. The van der Waals surface area contributed by atoms with Crippen LogP contribution in [-0.4, -0.2) is 62.5 Å². The minimum atomic E-state index is -0.494. The first-order valence-electron chi connectivity index (χ1n) is 11.2. The number of nitrogens with zero attached hydrogens (tertiary/aromatic N) is 4. The van der Waals surface area contributed by atoms with Gasteiger partial charge < -0.3 is 14.5 Å². The SMILES string of the molecule is COc1ccc(C)c2sc(N(CCCN(C)C)C(=O)C3CC(=O)N(c4ccc(F)cc4)C3)nc12.Cl. The lowest BCUT2D eigenvalue weighted by Gasteiger charge is -2.24. The minimum absolute atomic E-state index is 0. The molecule has 2 amide bonds. The highest BCUT2D eigenvalue weighted by Crippen LogP contribution is 2.37. The van der Waals surface area contributed by atoms with Crippen molar-refractivity contribution in [3.63, 3.8) is 0 Å². The van der Waals surface area contributed by atoms with E-state index in [2.05, 4.69) is 4.90 Å². The molecule has 0 spiro atoms. The monoisotopic (exact) mass is 520 g/mol. The summed E-state index contributed by atoms with van der Waals surface area (Å²) in [6, 6.07) is 9.65. The van der Waals surface area contributed by atoms with Crippen LogP contribution in [0.25, 0.3) is 10.2 Å². The van der Waals surface area contributed by atoms with Gasteiger partial charge in [0.1, 0.15) is 17.1 Å². The van der Waals surface area contributed by atoms with Crippen LogP contribution in [0.5, 0.6) is 5.75 Å². The van der Waals surface area contributed by atoms with Gasteiger partial charge in [0.15, 0.2) is 5.13 Å². The molecule has 0 bridgehead atoms. The van der Waals surface area contributed by atoms with Gasteiger partial charge in [-0.05, 0) is 69.9 Å². The highest BCUT2D eigenvalue weighted by Gasteiger charge is 2.38. The van der Waals surface area contributed by atoms with E-state index in [1.165, 1.54) is 23.5 Å². The van der Waals surface area contributed by atoms with Crippen LogP contribution in [0.4, 0.5) is 15.2 Å². The minimum Gasteiger partial charge on any atom is -0.494 e. The van der Waals surface area contributed by atoms with E-state index < -0.39 is 5.92 Å². The second-order valence-electron chi connectivity index (χ2n) is 8.79. The molecule has 1 aromatic heterocycles. The largest absolute Gasteiger partial charge is 0.494 e. The Hall–Kier alpha value is -2.75. The average molecular weight is 521 g/mol. The summed E-state index contributed by atoms with van der Waals surface area (Å²) in [5.41, 5.74) is 2.41. The van der Waals surface area contributed by atoms with Gasteiger partial charge in [-0.3, -0.25) is 14.5 Å². The van der Waals surface area contributed by atoms with Gasteiger partial charge >= 0.3 is 0 Å². The van der Waals surface area contributed by atoms with Crippen LogP contribution < -0.4 is 14.5 Å². The summed E-state index contributed by atoms with van der Waals surface area (Å²) in [4.78, 5) is 36.6. The molecule has 1 unspecified atom stereocenters. The molecule has 1 aliphatic heterocycles. The normalized spacial score (nSPS) is 15.5. The topological polar surface area (TPSA) is 66.0 Å². The molecule has 4 rings (SSSR count). The molecule has 2 aromatic carbocycles. The van der Waals surface area contributed by atoms with Gasteiger partial charge in [0.25, 0.3) is 0 Å². The number of thiazole rings is 1. The molecule has 3 aromatic rings. The zero-order valence-electron chi connectivity index (χ0n) is 20.3. The number of carbonyl (C=O) groups excluding carboxylic acids is 2. The van der Waals surface area contributed by atoms with Crippen LogP contribution in [-0.2, 0) is 9.59 Å². The van der Waals surface area contributed by atoms with Crippen LogP contribution >= 0.6 is 23.7 Å². The number of halogens is 2. The molecular weight excluding hydrogens is 491 g/mol.